The molecule has 0 aromatic heterocycles. The van der Waals surface area contributed by atoms with Crippen LogP contribution < -0.4 is 10.1 Å². The fourth-order valence-corrected chi connectivity index (χ4v) is 1.83. The van der Waals surface area contributed by atoms with Gasteiger partial charge in [-0.25, -0.2) is 0 Å². The van der Waals surface area contributed by atoms with E-state index in [1.54, 1.807) is 7.11 Å². The van der Waals surface area contributed by atoms with Gasteiger partial charge in [0.1, 0.15) is 5.75 Å². The molecule has 0 unspecified atom stereocenters. The first-order valence-corrected chi connectivity index (χ1v) is 5.55. The molecule has 0 aliphatic heterocycles. The van der Waals surface area contributed by atoms with Crippen LogP contribution in [0.4, 0.5) is 0 Å². The number of ether oxygens (including phenoxy) is 1. The summed E-state index contributed by atoms with van der Waals surface area (Å²) in [5, 5.41) is 5.66. The molecule has 2 nitrogen and oxygen atoms in total. The lowest BCUT2D eigenvalue weighted by Gasteiger charge is -2.05. The lowest BCUT2D eigenvalue weighted by molar-refractivity contribution is 0.415. The molecule has 2 rings (SSSR count). The summed E-state index contributed by atoms with van der Waals surface area (Å²) in [6.07, 6.45) is 1.06. The molecular weight excluding hydrogens is 198 g/mol. The van der Waals surface area contributed by atoms with Crippen LogP contribution in [0.25, 0.3) is 10.8 Å². The minimum absolute atomic E-state index is 0.915. The monoisotopic (exact) mass is 215 g/mol. The maximum Gasteiger partial charge on any atom is 0.119 e. The Morgan fingerprint density at radius 3 is 2.62 bits per heavy atom. The van der Waals surface area contributed by atoms with E-state index in [4.69, 9.17) is 4.74 Å². The predicted octanol–water partition coefficient (Wildman–Crippen LogP) is 2.61. The molecule has 0 aliphatic carbocycles. The van der Waals surface area contributed by atoms with Gasteiger partial charge < -0.3 is 10.1 Å². The summed E-state index contributed by atoms with van der Waals surface area (Å²) in [5.74, 6) is 0.915. The van der Waals surface area contributed by atoms with Crippen molar-refractivity contribution in [3.8, 4) is 5.75 Å². The minimum Gasteiger partial charge on any atom is -0.497 e. The molecule has 0 amide bonds. The lowest BCUT2D eigenvalue weighted by atomic mass is 10.0. The summed E-state index contributed by atoms with van der Waals surface area (Å²) in [5.41, 5.74) is 1.36. The van der Waals surface area contributed by atoms with Crippen LogP contribution in [0.3, 0.4) is 0 Å². The quantitative estimate of drug-likeness (QED) is 0.846. The summed E-state index contributed by atoms with van der Waals surface area (Å²) in [7, 11) is 3.68. The van der Waals surface area contributed by atoms with E-state index in [1.165, 1.54) is 16.3 Å². The van der Waals surface area contributed by atoms with Crippen molar-refractivity contribution in [2.24, 2.45) is 0 Å². The summed E-state index contributed by atoms with van der Waals surface area (Å²) < 4.78 is 5.23. The van der Waals surface area contributed by atoms with Crippen molar-refractivity contribution >= 4 is 10.8 Å². The maximum atomic E-state index is 5.23. The largest absolute Gasteiger partial charge is 0.497 e. The Hall–Kier alpha value is -1.54. The highest BCUT2D eigenvalue weighted by molar-refractivity contribution is 5.84. The standard InChI is InChI=1S/C14H17NO/c1-15-8-7-11-3-4-12-5-6-14(16-2)10-13(12)9-11/h3-6,9-10,15H,7-8H2,1-2H3. The molecule has 0 saturated carbocycles. The Morgan fingerprint density at radius 1 is 1.06 bits per heavy atom. The number of nitrogens with one attached hydrogen (secondary N) is 1. The van der Waals surface area contributed by atoms with Crippen molar-refractivity contribution in [2.45, 2.75) is 6.42 Å². The smallest absolute Gasteiger partial charge is 0.119 e. The normalized spacial score (nSPS) is 10.6. The van der Waals surface area contributed by atoms with Crippen molar-refractivity contribution in [1.29, 1.82) is 0 Å². The zero-order valence-corrected chi connectivity index (χ0v) is 9.79. The Balaban J connectivity index is 2.35. The fraction of sp³-hybridized carbons (Fsp3) is 0.286. The van der Waals surface area contributed by atoms with Gasteiger partial charge in [0.2, 0.25) is 0 Å². The summed E-state index contributed by atoms with van der Waals surface area (Å²) in [6.45, 7) is 1.01. The molecule has 16 heavy (non-hydrogen) atoms. The van der Waals surface area contributed by atoms with Crippen molar-refractivity contribution in [3.63, 3.8) is 0 Å². The van der Waals surface area contributed by atoms with E-state index in [1.807, 2.05) is 13.1 Å². The Kier molecular flexibility index (Phi) is 3.42. The van der Waals surface area contributed by atoms with Gasteiger partial charge in [0.05, 0.1) is 7.11 Å². The van der Waals surface area contributed by atoms with Crippen LogP contribution in [0.15, 0.2) is 36.4 Å². The summed E-state index contributed by atoms with van der Waals surface area (Å²) in [4.78, 5) is 0. The van der Waals surface area contributed by atoms with Crippen LogP contribution in [0.5, 0.6) is 5.75 Å². The van der Waals surface area contributed by atoms with Gasteiger partial charge in [-0.05, 0) is 48.5 Å². The number of hydrogen-bond donors (Lipinski definition) is 1. The Labute approximate surface area is 96.2 Å². The molecule has 2 heteroatoms. The van der Waals surface area contributed by atoms with Gasteiger partial charge in [0.15, 0.2) is 0 Å². The third kappa shape index (κ3) is 2.34. The molecule has 0 saturated heterocycles. The average Bonchev–Trinajstić information content (AvgIpc) is 2.35. The number of hydrogen-bond acceptors (Lipinski definition) is 2. The molecule has 0 spiro atoms. The fourth-order valence-electron chi connectivity index (χ4n) is 1.83. The van der Waals surface area contributed by atoms with Gasteiger partial charge >= 0.3 is 0 Å². The third-order valence-electron chi connectivity index (χ3n) is 2.78. The van der Waals surface area contributed by atoms with E-state index < -0.39 is 0 Å². The van der Waals surface area contributed by atoms with Crippen molar-refractivity contribution in [1.82, 2.24) is 5.32 Å². The van der Waals surface area contributed by atoms with E-state index in [2.05, 4.69) is 35.6 Å². The van der Waals surface area contributed by atoms with Crippen LogP contribution in [0.1, 0.15) is 5.56 Å². The first-order chi connectivity index (χ1) is 7.83. The van der Waals surface area contributed by atoms with E-state index in [9.17, 15) is 0 Å². The van der Waals surface area contributed by atoms with Gasteiger partial charge in [0, 0.05) is 0 Å². The van der Waals surface area contributed by atoms with E-state index in [0.29, 0.717) is 0 Å². The molecule has 84 valence electrons. The predicted molar refractivity (Wildman–Crippen MR) is 68.1 cm³/mol. The number of fused-ring (bicyclic) bond motifs is 1. The second kappa shape index (κ2) is 4.99. The molecular formula is C14H17NO. The topological polar surface area (TPSA) is 21.3 Å². The minimum atomic E-state index is 0.915. The zero-order valence-electron chi connectivity index (χ0n) is 9.79. The second-order valence-corrected chi connectivity index (χ2v) is 3.90. The number of likely N-dealkylation sites (N-methyl/N-ethyl adjacent to an activating group) is 1. The first-order valence-electron chi connectivity index (χ1n) is 5.55. The van der Waals surface area contributed by atoms with Crippen LogP contribution in [0, 0.1) is 0 Å². The average molecular weight is 215 g/mol. The lowest BCUT2D eigenvalue weighted by Crippen LogP contribution is -2.10. The molecule has 2 aromatic carbocycles. The molecule has 0 atom stereocenters. The van der Waals surface area contributed by atoms with Gasteiger partial charge in [-0.3, -0.25) is 0 Å². The Morgan fingerprint density at radius 2 is 1.88 bits per heavy atom. The van der Waals surface area contributed by atoms with E-state index >= 15 is 0 Å². The van der Waals surface area contributed by atoms with Gasteiger partial charge in [-0.1, -0.05) is 24.3 Å². The first kappa shape index (κ1) is 11.0. The van der Waals surface area contributed by atoms with Crippen molar-refractivity contribution < 1.29 is 4.74 Å². The number of benzene rings is 2. The number of rotatable bonds is 4. The van der Waals surface area contributed by atoms with E-state index in [0.717, 1.165) is 18.7 Å². The maximum absolute atomic E-state index is 5.23. The van der Waals surface area contributed by atoms with Crippen molar-refractivity contribution in [2.75, 3.05) is 20.7 Å². The SMILES string of the molecule is CNCCc1ccc2ccc(OC)cc2c1. The van der Waals surface area contributed by atoms with Crippen LogP contribution in [-0.4, -0.2) is 20.7 Å². The summed E-state index contributed by atoms with van der Waals surface area (Å²) >= 11 is 0. The molecule has 0 aliphatic rings. The number of methoxy groups -OCH3 is 1. The molecule has 1 N–H and O–H groups in total. The molecule has 0 radical (unpaired) electrons. The molecule has 2 aromatic rings. The Bertz CT molecular complexity index is 479. The highest BCUT2D eigenvalue weighted by Gasteiger charge is 1.98. The van der Waals surface area contributed by atoms with Gasteiger partial charge in [-0.15, -0.1) is 0 Å². The zero-order chi connectivity index (χ0) is 11.4. The van der Waals surface area contributed by atoms with E-state index in [-0.39, 0.29) is 0 Å². The third-order valence-corrected chi connectivity index (χ3v) is 2.78. The molecule has 0 heterocycles. The van der Waals surface area contributed by atoms with Crippen LogP contribution in [0.2, 0.25) is 0 Å². The van der Waals surface area contributed by atoms with Gasteiger partial charge in [-0.2, -0.15) is 0 Å². The van der Waals surface area contributed by atoms with Crippen LogP contribution in [-0.2, 0) is 6.42 Å². The second-order valence-electron chi connectivity index (χ2n) is 3.90. The van der Waals surface area contributed by atoms with Crippen molar-refractivity contribution in [3.05, 3.63) is 42.0 Å². The molecule has 0 fully saturated rings. The highest BCUT2D eigenvalue weighted by Crippen LogP contribution is 2.21. The van der Waals surface area contributed by atoms with Gasteiger partial charge in [0.25, 0.3) is 0 Å². The molecule has 0 bridgehead atoms. The summed E-state index contributed by atoms with van der Waals surface area (Å²) in [6, 6.07) is 12.8. The van der Waals surface area contributed by atoms with Crippen LogP contribution >= 0.6 is 0 Å². The highest BCUT2D eigenvalue weighted by atomic mass is 16.5.